The van der Waals surface area contributed by atoms with Crippen molar-refractivity contribution < 1.29 is 9.53 Å². The number of ether oxygens (including phenoxy) is 1. The number of aryl methyl sites for hydroxylation is 1. The van der Waals surface area contributed by atoms with Gasteiger partial charge in [-0.05, 0) is 18.4 Å². The molecule has 0 bridgehead atoms. The Balaban J connectivity index is 1.52. The molecule has 2 aromatic rings. The first-order chi connectivity index (χ1) is 9.84. The molecular weight excluding hydrogens is 254 g/mol. The zero-order chi connectivity index (χ0) is 14.0. The lowest BCUT2D eigenvalue weighted by atomic mass is 10.2. The maximum absolute atomic E-state index is 11.5. The van der Waals surface area contributed by atoms with Crippen LogP contribution in [0.2, 0.25) is 0 Å². The number of aromatic nitrogens is 2. The fraction of sp³-hybridized carbons (Fsp3) is 0.333. The van der Waals surface area contributed by atoms with Crippen molar-refractivity contribution in [1.82, 2.24) is 14.9 Å². The lowest BCUT2D eigenvalue weighted by molar-refractivity contribution is 0.139. The summed E-state index contributed by atoms with van der Waals surface area (Å²) in [4.78, 5) is 15.4. The summed E-state index contributed by atoms with van der Waals surface area (Å²) in [6, 6.07) is 9.64. The fourth-order valence-electron chi connectivity index (χ4n) is 1.80. The zero-order valence-electron chi connectivity index (χ0n) is 11.4. The third-order valence-corrected chi connectivity index (χ3v) is 2.88. The number of carbonyl (C=O) groups excluding carboxylic acids is 1. The van der Waals surface area contributed by atoms with Gasteiger partial charge in [-0.2, -0.15) is 0 Å². The van der Waals surface area contributed by atoms with Crippen LogP contribution >= 0.6 is 0 Å². The second-order valence-corrected chi connectivity index (χ2v) is 4.50. The van der Waals surface area contributed by atoms with E-state index < -0.39 is 0 Å². The van der Waals surface area contributed by atoms with Gasteiger partial charge in [0.15, 0.2) is 0 Å². The molecule has 1 aromatic carbocycles. The van der Waals surface area contributed by atoms with E-state index >= 15 is 0 Å². The summed E-state index contributed by atoms with van der Waals surface area (Å²) >= 11 is 0. The van der Waals surface area contributed by atoms with Gasteiger partial charge in [-0.25, -0.2) is 9.78 Å². The molecule has 0 fully saturated rings. The van der Waals surface area contributed by atoms with Crippen LogP contribution in [0.15, 0.2) is 49.1 Å². The smallest absolute Gasteiger partial charge is 0.407 e. The van der Waals surface area contributed by atoms with Gasteiger partial charge in [0.2, 0.25) is 0 Å². The van der Waals surface area contributed by atoms with E-state index in [0.29, 0.717) is 13.2 Å². The first-order valence-electron chi connectivity index (χ1n) is 6.75. The SMILES string of the molecule is O=C(NCCCCn1ccnc1)OCc1ccccc1. The molecule has 1 amide bonds. The molecule has 0 radical (unpaired) electrons. The van der Waals surface area contributed by atoms with Crippen molar-refractivity contribution in [2.75, 3.05) is 6.54 Å². The number of nitrogens with one attached hydrogen (secondary N) is 1. The van der Waals surface area contributed by atoms with Gasteiger partial charge >= 0.3 is 6.09 Å². The van der Waals surface area contributed by atoms with Crippen molar-refractivity contribution in [2.45, 2.75) is 26.0 Å². The Bertz CT molecular complexity index is 497. The molecule has 0 aliphatic rings. The molecule has 106 valence electrons. The Hall–Kier alpha value is -2.30. The maximum Gasteiger partial charge on any atom is 0.407 e. The number of amides is 1. The minimum absolute atomic E-state index is 0.307. The zero-order valence-corrected chi connectivity index (χ0v) is 11.4. The molecule has 0 unspecified atom stereocenters. The van der Waals surface area contributed by atoms with Crippen LogP contribution < -0.4 is 5.32 Å². The normalized spacial score (nSPS) is 10.2. The molecule has 0 saturated heterocycles. The first kappa shape index (κ1) is 14.1. The van der Waals surface area contributed by atoms with Crippen LogP contribution in [0.1, 0.15) is 18.4 Å². The minimum atomic E-state index is -0.364. The third kappa shape index (κ3) is 5.14. The molecule has 5 heteroatoms. The highest BCUT2D eigenvalue weighted by atomic mass is 16.5. The molecule has 0 aliphatic heterocycles. The Morgan fingerprint density at radius 3 is 2.85 bits per heavy atom. The summed E-state index contributed by atoms with van der Waals surface area (Å²) in [5, 5.41) is 2.75. The van der Waals surface area contributed by atoms with Crippen molar-refractivity contribution in [3.05, 3.63) is 54.6 Å². The highest BCUT2D eigenvalue weighted by Crippen LogP contribution is 2.00. The number of rotatable bonds is 7. The van der Waals surface area contributed by atoms with Crippen molar-refractivity contribution in [1.29, 1.82) is 0 Å². The van der Waals surface area contributed by atoms with E-state index in [-0.39, 0.29) is 6.09 Å². The Labute approximate surface area is 118 Å². The second kappa shape index (κ2) is 7.99. The fourth-order valence-corrected chi connectivity index (χ4v) is 1.80. The van der Waals surface area contributed by atoms with Gasteiger partial charge < -0.3 is 14.6 Å². The van der Waals surface area contributed by atoms with Gasteiger partial charge in [-0.15, -0.1) is 0 Å². The molecule has 1 aromatic heterocycles. The molecule has 20 heavy (non-hydrogen) atoms. The van der Waals surface area contributed by atoms with Crippen LogP contribution in [0.4, 0.5) is 4.79 Å². The predicted octanol–water partition coefficient (Wildman–Crippen LogP) is 2.59. The number of imidazole rings is 1. The van der Waals surface area contributed by atoms with Crippen LogP contribution in [0.25, 0.3) is 0 Å². The summed E-state index contributed by atoms with van der Waals surface area (Å²) in [6.45, 7) is 1.85. The van der Waals surface area contributed by atoms with E-state index in [4.69, 9.17) is 4.74 Å². The van der Waals surface area contributed by atoms with Crippen LogP contribution in [-0.4, -0.2) is 22.2 Å². The summed E-state index contributed by atoms with van der Waals surface area (Å²) in [6.07, 6.45) is 7.03. The minimum Gasteiger partial charge on any atom is -0.445 e. The number of benzene rings is 1. The van der Waals surface area contributed by atoms with E-state index in [1.807, 2.05) is 41.1 Å². The van der Waals surface area contributed by atoms with E-state index in [1.165, 1.54) is 0 Å². The monoisotopic (exact) mass is 273 g/mol. The van der Waals surface area contributed by atoms with Crippen LogP contribution in [0.3, 0.4) is 0 Å². The highest BCUT2D eigenvalue weighted by molar-refractivity contribution is 5.67. The average molecular weight is 273 g/mol. The van der Waals surface area contributed by atoms with E-state index in [9.17, 15) is 4.79 Å². The van der Waals surface area contributed by atoms with Gasteiger partial charge in [0, 0.05) is 25.5 Å². The number of hydrogen-bond acceptors (Lipinski definition) is 3. The molecule has 0 saturated carbocycles. The number of alkyl carbamates (subject to hydrolysis) is 1. The van der Waals surface area contributed by atoms with Gasteiger partial charge in [-0.3, -0.25) is 0 Å². The topological polar surface area (TPSA) is 56.2 Å². The Morgan fingerprint density at radius 2 is 2.10 bits per heavy atom. The number of carbonyl (C=O) groups is 1. The molecular formula is C15H19N3O2. The Morgan fingerprint density at radius 1 is 1.25 bits per heavy atom. The average Bonchev–Trinajstić information content (AvgIpc) is 2.99. The molecule has 0 spiro atoms. The number of unbranched alkanes of at least 4 members (excludes halogenated alkanes) is 1. The molecule has 5 nitrogen and oxygen atoms in total. The molecule has 0 aliphatic carbocycles. The van der Waals surface area contributed by atoms with E-state index in [0.717, 1.165) is 24.9 Å². The summed E-state index contributed by atoms with van der Waals surface area (Å²) in [5.41, 5.74) is 0.989. The van der Waals surface area contributed by atoms with Crippen LogP contribution in [0, 0.1) is 0 Å². The van der Waals surface area contributed by atoms with Crippen molar-refractivity contribution in [3.8, 4) is 0 Å². The lowest BCUT2D eigenvalue weighted by Crippen LogP contribution is -2.25. The molecule has 1 heterocycles. The predicted molar refractivity (Wildman–Crippen MR) is 76.1 cm³/mol. The molecule has 0 atom stereocenters. The number of hydrogen-bond donors (Lipinski definition) is 1. The standard InChI is InChI=1S/C15H19N3O2/c19-15(20-12-14-6-2-1-3-7-14)17-8-4-5-10-18-11-9-16-13-18/h1-3,6-7,9,11,13H,4-5,8,10,12H2,(H,17,19). The summed E-state index contributed by atoms with van der Waals surface area (Å²) in [5.74, 6) is 0. The van der Waals surface area contributed by atoms with Gasteiger partial charge in [-0.1, -0.05) is 30.3 Å². The van der Waals surface area contributed by atoms with Gasteiger partial charge in [0.05, 0.1) is 6.33 Å². The van der Waals surface area contributed by atoms with Gasteiger partial charge in [0.25, 0.3) is 0 Å². The summed E-state index contributed by atoms with van der Waals surface area (Å²) < 4.78 is 7.14. The van der Waals surface area contributed by atoms with E-state index in [1.54, 1.807) is 12.5 Å². The third-order valence-electron chi connectivity index (χ3n) is 2.88. The Kier molecular flexibility index (Phi) is 5.64. The van der Waals surface area contributed by atoms with Crippen molar-refractivity contribution in [3.63, 3.8) is 0 Å². The molecule has 2 rings (SSSR count). The maximum atomic E-state index is 11.5. The van der Waals surface area contributed by atoms with Crippen LogP contribution in [0.5, 0.6) is 0 Å². The first-order valence-corrected chi connectivity index (χ1v) is 6.75. The lowest BCUT2D eigenvalue weighted by Gasteiger charge is -2.07. The van der Waals surface area contributed by atoms with Gasteiger partial charge in [0.1, 0.15) is 6.61 Å². The molecule has 1 N–H and O–H groups in total. The summed E-state index contributed by atoms with van der Waals surface area (Å²) in [7, 11) is 0. The second-order valence-electron chi connectivity index (χ2n) is 4.50. The van der Waals surface area contributed by atoms with Crippen molar-refractivity contribution in [2.24, 2.45) is 0 Å². The van der Waals surface area contributed by atoms with Crippen LogP contribution in [-0.2, 0) is 17.9 Å². The number of nitrogens with zero attached hydrogens (tertiary/aromatic N) is 2. The quantitative estimate of drug-likeness (QED) is 0.789. The highest BCUT2D eigenvalue weighted by Gasteiger charge is 2.01. The van der Waals surface area contributed by atoms with Crippen molar-refractivity contribution >= 4 is 6.09 Å². The largest absolute Gasteiger partial charge is 0.445 e. The van der Waals surface area contributed by atoms with E-state index in [2.05, 4.69) is 10.3 Å².